The number of phenolic OH excluding ortho intramolecular Hbond substituents is 1. The van der Waals surface area contributed by atoms with Crippen molar-refractivity contribution >= 4 is 5.95 Å². The van der Waals surface area contributed by atoms with E-state index in [4.69, 9.17) is 0 Å². The number of aromatic hydroxyl groups is 1. The molecule has 150 valence electrons. The Labute approximate surface area is 170 Å². The van der Waals surface area contributed by atoms with Gasteiger partial charge in [-0.1, -0.05) is 19.9 Å². The third-order valence-corrected chi connectivity index (χ3v) is 5.19. The van der Waals surface area contributed by atoms with Crippen LogP contribution in [-0.4, -0.2) is 55.9 Å². The Bertz CT molecular complexity index is 973. The van der Waals surface area contributed by atoms with Crippen LogP contribution in [0.1, 0.15) is 19.5 Å². The molecule has 3 heterocycles. The van der Waals surface area contributed by atoms with E-state index in [1.807, 2.05) is 13.0 Å². The molecule has 2 N–H and O–H groups in total. The first-order chi connectivity index (χ1) is 14.0. The van der Waals surface area contributed by atoms with Crippen molar-refractivity contribution < 1.29 is 5.11 Å². The van der Waals surface area contributed by atoms with Gasteiger partial charge in [0.05, 0.1) is 23.8 Å². The summed E-state index contributed by atoms with van der Waals surface area (Å²) in [5.41, 5.74) is 3.46. The molecule has 8 nitrogen and oxygen atoms in total. The zero-order chi connectivity index (χ0) is 20.4. The number of aromatic nitrogens is 5. The van der Waals surface area contributed by atoms with Crippen molar-refractivity contribution in [1.29, 1.82) is 0 Å². The number of benzene rings is 1. The monoisotopic (exact) mass is 391 g/mol. The molecular formula is C21H25N7O. The standard InChI is InChI=1S/C21H25N7O/c1-13(2)19-12-28(7-6-22-19)21-25-11-18(26-27-21)16-5-4-15(8-20(16)29)17-10-23-14(3)9-24-17/h4-5,8-11,13,19,22,29H,6-7,12H2,1-3H3/t19-/m1/s1. The molecule has 8 heteroatoms. The molecule has 0 aliphatic carbocycles. The molecule has 29 heavy (non-hydrogen) atoms. The first-order valence-electron chi connectivity index (χ1n) is 9.81. The number of nitrogens with one attached hydrogen (secondary N) is 1. The number of hydrogen-bond donors (Lipinski definition) is 2. The van der Waals surface area contributed by atoms with E-state index in [-0.39, 0.29) is 5.75 Å². The van der Waals surface area contributed by atoms with Gasteiger partial charge in [-0.15, -0.1) is 10.2 Å². The van der Waals surface area contributed by atoms with Crippen LogP contribution in [-0.2, 0) is 0 Å². The molecule has 0 saturated carbocycles. The van der Waals surface area contributed by atoms with Crippen molar-refractivity contribution in [2.75, 3.05) is 24.5 Å². The maximum Gasteiger partial charge on any atom is 0.245 e. The minimum atomic E-state index is 0.107. The summed E-state index contributed by atoms with van der Waals surface area (Å²) in [7, 11) is 0. The van der Waals surface area contributed by atoms with Gasteiger partial charge in [0.25, 0.3) is 0 Å². The van der Waals surface area contributed by atoms with Gasteiger partial charge in [-0.05, 0) is 25.0 Å². The lowest BCUT2D eigenvalue weighted by Crippen LogP contribution is -2.53. The van der Waals surface area contributed by atoms with Crippen molar-refractivity contribution in [2.24, 2.45) is 5.92 Å². The molecule has 1 saturated heterocycles. The van der Waals surface area contributed by atoms with E-state index in [9.17, 15) is 5.11 Å². The van der Waals surface area contributed by atoms with Gasteiger partial charge in [-0.25, -0.2) is 4.98 Å². The molecule has 1 aliphatic heterocycles. The second-order valence-electron chi connectivity index (χ2n) is 7.67. The molecule has 0 spiro atoms. The Hall–Kier alpha value is -3.13. The second-order valence-corrected chi connectivity index (χ2v) is 7.67. The van der Waals surface area contributed by atoms with Gasteiger partial charge >= 0.3 is 0 Å². The van der Waals surface area contributed by atoms with Gasteiger partial charge in [-0.3, -0.25) is 9.97 Å². The van der Waals surface area contributed by atoms with Crippen LogP contribution in [0.4, 0.5) is 5.95 Å². The van der Waals surface area contributed by atoms with Crippen molar-refractivity contribution in [1.82, 2.24) is 30.5 Å². The van der Waals surface area contributed by atoms with E-state index in [1.165, 1.54) is 0 Å². The fraction of sp³-hybridized carbons (Fsp3) is 0.381. The number of nitrogens with zero attached hydrogens (tertiary/aromatic N) is 6. The highest BCUT2D eigenvalue weighted by Crippen LogP contribution is 2.31. The van der Waals surface area contributed by atoms with E-state index in [0.29, 0.717) is 34.9 Å². The smallest absolute Gasteiger partial charge is 0.245 e. The number of aryl methyl sites for hydroxylation is 1. The van der Waals surface area contributed by atoms with Gasteiger partial charge in [0.1, 0.15) is 11.4 Å². The molecule has 1 aromatic carbocycles. The van der Waals surface area contributed by atoms with Crippen LogP contribution in [0.2, 0.25) is 0 Å². The summed E-state index contributed by atoms with van der Waals surface area (Å²) in [6.07, 6.45) is 5.06. The van der Waals surface area contributed by atoms with E-state index in [2.05, 4.69) is 49.2 Å². The highest BCUT2D eigenvalue weighted by atomic mass is 16.3. The Balaban J connectivity index is 1.54. The fourth-order valence-electron chi connectivity index (χ4n) is 3.39. The third-order valence-electron chi connectivity index (χ3n) is 5.19. The fourth-order valence-corrected chi connectivity index (χ4v) is 3.39. The Morgan fingerprint density at radius 2 is 1.90 bits per heavy atom. The molecule has 1 aliphatic rings. The molecule has 0 bridgehead atoms. The SMILES string of the molecule is Cc1cnc(-c2ccc(-c3cnc(N4CCN[C@@H](C(C)C)C4)nn3)c(O)c2)cn1. The van der Waals surface area contributed by atoms with Crippen LogP contribution in [0.25, 0.3) is 22.5 Å². The predicted molar refractivity (Wildman–Crippen MR) is 112 cm³/mol. The summed E-state index contributed by atoms with van der Waals surface area (Å²) in [6, 6.07) is 5.76. The molecule has 0 unspecified atom stereocenters. The molecular weight excluding hydrogens is 366 g/mol. The molecule has 4 rings (SSSR count). The number of rotatable bonds is 4. The maximum atomic E-state index is 10.5. The topological polar surface area (TPSA) is 100.0 Å². The molecule has 0 radical (unpaired) electrons. The average Bonchev–Trinajstić information content (AvgIpc) is 2.74. The minimum absolute atomic E-state index is 0.107. The number of phenols is 1. The Morgan fingerprint density at radius 1 is 1.07 bits per heavy atom. The van der Waals surface area contributed by atoms with Gasteiger partial charge in [0, 0.05) is 43.0 Å². The van der Waals surface area contributed by atoms with E-state index in [0.717, 1.165) is 30.9 Å². The van der Waals surface area contributed by atoms with E-state index < -0.39 is 0 Å². The summed E-state index contributed by atoms with van der Waals surface area (Å²) in [5.74, 6) is 1.27. The van der Waals surface area contributed by atoms with Crippen LogP contribution in [0.15, 0.2) is 36.8 Å². The van der Waals surface area contributed by atoms with Crippen molar-refractivity contribution in [3.63, 3.8) is 0 Å². The number of hydrogen-bond acceptors (Lipinski definition) is 8. The highest BCUT2D eigenvalue weighted by Gasteiger charge is 2.23. The third kappa shape index (κ3) is 4.17. The summed E-state index contributed by atoms with van der Waals surface area (Å²) in [5, 5.41) is 22.7. The van der Waals surface area contributed by atoms with Crippen LogP contribution >= 0.6 is 0 Å². The van der Waals surface area contributed by atoms with Crippen molar-refractivity contribution in [2.45, 2.75) is 26.8 Å². The molecule has 0 amide bonds. The highest BCUT2D eigenvalue weighted by molar-refractivity contribution is 5.72. The van der Waals surface area contributed by atoms with Crippen LogP contribution in [0.5, 0.6) is 5.75 Å². The summed E-state index contributed by atoms with van der Waals surface area (Å²) >= 11 is 0. The normalized spacial score (nSPS) is 17.0. The predicted octanol–water partition coefficient (Wildman–Crippen LogP) is 2.44. The lowest BCUT2D eigenvalue weighted by atomic mass is 10.0. The van der Waals surface area contributed by atoms with Gasteiger partial charge < -0.3 is 15.3 Å². The van der Waals surface area contributed by atoms with Crippen molar-refractivity contribution in [3.8, 4) is 28.3 Å². The van der Waals surface area contributed by atoms with Crippen LogP contribution < -0.4 is 10.2 Å². The largest absolute Gasteiger partial charge is 0.507 e. The van der Waals surface area contributed by atoms with Crippen molar-refractivity contribution in [3.05, 3.63) is 42.5 Å². The minimum Gasteiger partial charge on any atom is -0.507 e. The van der Waals surface area contributed by atoms with Crippen LogP contribution in [0.3, 0.4) is 0 Å². The van der Waals surface area contributed by atoms with Gasteiger partial charge in [0.2, 0.25) is 5.95 Å². The first kappa shape index (κ1) is 19.2. The van der Waals surface area contributed by atoms with E-state index in [1.54, 1.807) is 30.7 Å². The molecule has 3 aromatic rings. The van der Waals surface area contributed by atoms with Gasteiger partial charge in [0.15, 0.2) is 0 Å². The zero-order valence-corrected chi connectivity index (χ0v) is 16.9. The van der Waals surface area contributed by atoms with Crippen LogP contribution in [0, 0.1) is 12.8 Å². The molecule has 1 atom stereocenters. The summed E-state index contributed by atoms with van der Waals surface area (Å²) in [4.78, 5) is 15.2. The summed E-state index contributed by atoms with van der Waals surface area (Å²) in [6.45, 7) is 8.90. The molecule has 2 aromatic heterocycles. The Kier molecular flexibility index (Phi) is 5.35. The summed E-state index contributed by atoms with van der Waals surface area (Å²) < 4.78 is 0. The average molecular weight is 391 g/mol. The molecule has 1 fully saturated rings. The van der Waals surface area contributed by atoms with Gasteiger partial charge in [-0.2, -0.15) is 0 Å². The number of anilines is 1. The quantitative estimate of drug-likeness (QED) is 0.700. The van der Waals surface area contributed by atoms with E-state index >= 15 is 0 Å². The lowest BCUT2D eigenvalue weighted by molar-refractivity contribution is 0.365. The maximum absolute atomic E-state index is 10.5. The second kappa shape index (κ2) is 8.08. The number of piperazine rings is 1. The first-order valence-corrected chi connectivity index (χ1v) is 9.81. The zero-order valence-electron chi connectivity index (χ0n) is 16.9. The lowest BCUT2D eigenvalue weighted by Gasteiger charge is -2.35. The Morgan fingerprint density at radius 3 is 2.55 bits per heavy atom.